The molecular formula is C16H23N3O. The fourth-order valence-electron chi connectivity index (χ4n) is 2.15. The molecular weight excluding hydrogens is 250 g/mol. The minimum Gasteiger partial charge on any atom is -0.467 e. The number of pyridine rings is 1. The first-order valence-electron chi connectivity index (χ1n) is 7.04. The van der Waals surface area contributed by atoms with Gasteiger partial charge in [-0.05, 0) is 30.7 Å². The first-order chi connectivity index (χ1) is 9.66. The SMILES string of the molecule is CC(C)CNCc1cnccc1N(C)Cc1ccco1. The molecule has 2 rings (SSSR count). The first-order valence-corrected chi connectivity index (χ1v) is 7.04. The van der Waals surface area contributed by atoms with Crippen molar-refractivity contribution in [2.24, 2.45) is 5.92 Å². The molecule has 2 heterocycles. The first kappa shape index (κ1) is 14.6. The quantitative estimate of drug-likeness (QED) is 0.842. The number of hydrogen-bond acceptors (Lipinski definition) is 4. The van der Waals surface area contributed by atoms with Crippen LogP contribution in [0.4, 0.5) is 5.69 Å². The van der Waals surface area contributed by atoms with E-state index in [0.717, 1.165) is 25.4 Å². The Balaban J connectivity index is 2.02. The number of hydrogen-bond donors (Lipinski definition) is 1. The van der Waals surface area contributed by atoms with Crippen LogP contribution in [0.1, 0.15) is 25.2 Å². The average Bonchev–Trinajstić information content (AvgIpc) is 2.91. The summed E-state index contributed by atoms with van der Waals surface area (Å²) >= 11 is 0. The molecule has 0 aliphatic heterocycles. The molecule has 0 saturated heterocycles. The molecule has 0 spiro atoms. The maximum Gasteiger partial charge on any atom is 0.123 e. The van der Waals surface area contributed by atoms with Gasteiger partial charge in [-0.15, -0.1) is 0 Å². The Labute approximate surface area is 120 Å². The van der Waals surface area contributed by atoms with E-state index in [4.69, 9.17) is 4.42 Å². The number of nitrogens with one attached hydrogen (secondary N) is 1. The molecule has 1 N–H and O–H groups in total. The summed E-state index contributed by atoms with van der Waals surface area (Å²) in [5, 5.41) is 3.47. The van der Waals surface area contributed by atoms with Gasteiger partial charge in [0, 0.05) is 37.2 Å². The zero-order valence-electron chi connectivity index (χ0n) is 12.5. The van der Waals surface area contributed by atoms with Crippen LogP contribution in [0.2, 0.25) is 0 Å². The van der Waals surface area contributed by atoms with E-state index in [2.05, 4.69) is 42.2 Å². The summed E-state index contributed by atoms with van der Waals surface area (Å²) in [6.07, 6.45) is 5.47. The van der Waals surface area contributed by atoms with Crippen LogP contribution < -0.4 is 10.2 Å². The van der Waals surface area contributed by atoms with Gasteiger partial charge in [0.05, 0.1) is 12.8 Å². The Morgan fingerprint density at radius 1 is 1.35 bits per heavy atom. The van der Waals surface area contributed by atoms with E-state index in [1.807, 2.05) is 24.5 Å². The highest BCUT2D eigenvalue weighted by molar-refractivity contribution is 5.51. The van der Waals surface area contributed by atoms with Crippen molar-refractivity contribution in [3.8, 4) is 0 Å². The highest BCUT2D eigenvalue weighted by Crippen LogP contribution is 2.20. The average molecular weight is 273 g/mol. The fourth-order valence-corrected chi connectivity index (χ4v) is 2.15. The van der Waals surface area contributed by atoms with Gasteiger partial charge in [-0.3, -0.25) is 4.98 Å². The number of furan rings is 1. The molecule has 20 heavy (non-hydrogen) atoms. The maximum absolute atomic E-state index is 5.41. The van der Waals surface area contributed by atoms with E-state index in [-0.39, 0.29) is 0 Å². The van der Waals surface area contributed by atoms with Crippen molar-refractivity contribution >= 4 is 5.69 Å². The van der Waals surface area contributed by atoms with E-state index in [0.29, 0.717) is 5.92 Å². The summed E-state index contributed by atoms with van der Waals surface area (Å²) in [5.41, 5.74) is 2.40. The minimum absolute atomic E-state index is 0.649. The van der Waals surface area contributed by atoms with Gasteiger partial charge >= 0.3 is 0 Å². The summed E-state index contributed by atoms with van der Waals surface area (Å²) in [6, 6.07) is 5.96. The van der Waals surface area contributed by atoms with Crippen molar-refractivity contribution in [3.63, 3.8) is 0 Å². The molecule has 4 heteroatoms. The van der Waals surface area contributed by atoms with E-state index in [1.165, 1.54) is 11.3 Å². The second-order valence-electron chi connectivity index (χ2n) is 5.46. The lowest BCUT2D eigenvalue weighted by atomic mass is 10.2. The zero-order valence-corrected chi connectivity index (χ0v) is 12.5. The van der Waals surface area contributed by atoms with Gasteiger partial charge in [0.25, 0.3) is 0 Å². The van der Waals surface area contributed by atoms with Crippen LogP contribution in [0.25, 0.3) is 0 Å². The third-order valence-corrected chi connectivity index (χ3v) is 3.13. The van der Waals surface area contributed by atoms with Gasteiger partial charge in [0.15, 0.2) is 0 Å². The van der Waals surface area contributed by atoms with Gasteiger partial charge in [0.2, 0.25) is 0 Å². The van der Waals surface area contributed by atoms with Crippen LogP contribution in [0, 0.1) is 5.92 Å². The lowest BCUT2D eigenvalue weighted by Gasteiger charge is -2.21. The lowest BCUT2D eigenvalue weighted by Crippen LogP contribution is -2.23. The Kier molecular flexibility index (Phi) is 5.18. The second kappa shape index (κ2) is 7.10. The number of nitrogens with zero attached hydrogens (tertiary/aromatic N) is 2. The molecule has 108 valence electrons. The Morgan fingerprint density at radius 3 is 2.90 bits per heavy atom. The molecule has 2 aromatic heterocycles. The number of rotatable bonds is 7. The van der Waals surface area contributed by atoms with Crippen LogP contribution in [-0.2, 0) is 13.1 Å². The Hall–Kier alpha value is -1.81. The fraction of sp³-hybridized carbons (Fsp3) is 0.438. The van der Waals surface area contributed by atoms with Crippen LogP contribution in [0.5, 0.6) is 0 Å². The smallest absolute Gasteiger partial charge is 0.123 e. The van der Waals surface area contributed by atoms with Gasteiger partial charge in [-0.1, -0.05) is 13.8 Å². The van der Waals surface area contributed by atoms with Gasteiger partial charge < -0.3 is 14.6 Å². The third-order valence-electron chi connectivity index (χ3n) is 3.13. The lowest BCUT2D eigenvalue weighted by molar-refractivity contribution is 0.507. The molecule has 2 aromatic rings. The van der Waals surface area contributed by atoms with E-state index in [1.54, 1.807) is 6.26 Å². The summed E-state index contributed by atoms with van der Waals surface area (Å²) < 4.78 is 5.41. The minimum atomic E-state index is 0.649. The van der Waals surface area contributed by atoms with E-state index >= 15 is 0 Å². The van der Waals surface area contributed by atoms with Crippen LogP contribution in [-0.4, -0.2) is 18.6 Å². The predicted molar refractivity (Wildman–Crippen MR) is 81.6 cm³/mol. The second-order valence-corrected chi connectivity index (χ2v) is 5.46. The van der Waals surface area contributed by atoms with Crippen molar-refractivity contribution in [3.05, 3.63) is 48.2 Å². The molecule has 0 aliphatic rings. The van der Waals surface area contributed by atoms with Crippen molar-refractivity contribution in [1.82, 2.24) is 10.3 Å². The monoisotopic (exact) mass is 273 g/mol. The predicted octanol–water partition coefficient (Wildman–Crippen LogP) is 3.06. The van der Waals surface area contributed by atoms with Crippen LogP contribution >= 0.6 is 0 Å². The summed E-state index contributed by atoms with van der Waals surface area (Å²) in [7, 11) is 2.07. The Bertz CT molecular complexity index is 508. The third kappa shape index (κ3) is 4.10. The van der Waals surface area contributed by atoms with E-state index in [9.17, 15) is 0 Å². The molecule has 4 nitrogen and oxygen atoms in total. The van der Waals surface area contributed by atoms with Gasteiger partial charge in [0.1, 0.15) is 5.76 Å². The highest BCUT2D eigenvalue weighted by atomic mass is 16.3. The molecule has 0 aliphatic carbocycles. The van der Waals surface area contributed by atoms with Crippen LogP contribution in [0.15, 0.2) is 41.3 Å². The van der Waals surface area contributed by atoms with Crippen molar-refractivity contribution < 1.29 is 4.42 Å². The number of aromatic nitrogens is 1. The topological polar surface area (TPSA) is 41.3 Å². The summed E-state index contributed by atoms with van der Waals surface area (Å²) in [4.78, 5) is 6.42. The molecule has 0 amide bonds. The largest absolute Gasteiger partial charge is 0.467 e. The molecule has 0 unspecified atom stereocenters. The molecule has 0 radical (unpaired) electrons. The Morgan fingerprint density at radius 2 is 2.20 bits per heavy atom. The molecule has 0 atom stereocenters. The zero-order chi connectivity index (χ0) is 14.4. The normalized spacial score (nSPS) is 11.0. The maximum atomic E-state index is 5.41. The number of anilines is 1. The standard InChI is InChI=1S/C16H23N3O/c1-13(2)9-18-11-14-10-17-7-6-16(14)19(3)12-15-5-4-8-20-15/h4-8,10,13,18H,9,11-12H2,1-3H3. The van der Waals surface area contributed by atoms with Crippen molar-refractivity contribution in [2.75, 3.05) is 18.5 Å². The van der Waals surface area contributed by atoms with Crippen molar-refractivity contribution in [1.29, 1.82) is 0 Å². The molecule has 0 fully saturated rings. The van der Waals surface area contributed by atoms with Gasteiger partial charge in [-0.25, -0.2) is 0 Å². The van der Waals surface area contributed by atoms with E-state index < -0.39 is 0 Å². The van der Waals surface area contributed by atoms with Gasteiger partial charge in [-0.2, -0.15) is 0 Å². The van der Waals surface area contributed by atoms with Crippen molar-refractivity contribution in [2.45, 2.75) is 26.9 Å². The molecule has 0 bridgehead atoms. The summed E-state index contributed by atoms with van der Waals surface area (Å²) in [5.74, 6) is 1.61. The highest BCUT2D eigenvalue weighted by Gasteiger charge is 2.09. The molecule has 0 saturated carbocycles. The van der Waals surface area contributed by atoms with Crippen LogP contribution in [0.3, 0.4) is 0 Å². The summed E-state index contributed by atoms with van der Waals surface area (Å²) in [6.45, 7) is 7.02. The molecule has 0 aromatic carbocycles.